The molecule has 0 unspecified atom stereocenters. The van der Waals surface area contributed by atoms with Crippen LogP contribution in [0.4, 0.5) is 10.1 Å². The topological polar surface area (TPSA) is 42.2 Å². The molecule has 78 valence electrons. The van der Waals surface area contributed by atoms with E-state index in [0.29, 0.717) is 0 Å². The predicted octanol–water partition coefficient (Wildman–Crippen LogP) is 2.36. The summed E-state index contributed by atoms with van der Waals surface area (Å²) in [6.45, 7) is 0.855. The van der Waals surface area contributed by atoms with Crippen molar-refractivity contribution < 1.29 is 0 Å². The van der Waals surface area contributed by atoms with E-state index in [4.69, 9.17) is 5.73 Å². The van der Waals surface area contributed by atoms with Gasteiger partial charge in [0.1, 0.15) is 5.00 Å². The second kappa shape index (κ2) is 4.31. The normalized spacial score (nSPS) is 10.2. The molecule has 2 N–H and O–H groups in total. The third kappa shape index (κ3) is 2.47. The van der Waals surface area contributed by atoms with E-state index in [1.165, 1.54) is 16.9 Å². The van der Waals surface area contributed by atoms with Gasteiger partial charge in [-0.25, -0.2) is 4.98 Å². The van der Waals surface area contributed by atoms with Crippen LogP contribution in [0.1, 0.15) is 5.56 Å². The Morgan fingerprint density at radius 1 is 1.33 bits per heavy atom. The SMILES string of the molecule is CN(Cc1ccccc1)c1ncc(N)s1. The molecule has 0 radical (unpaired) electrons. The fraction of sp³-hybridized carbons (Fsp3) is 0.182. The maximum absolute atomic E-state index is 5.64. The standard InChI is InChI=1S/C11H13N3S/c1-14(11-13-7-10(12)15-11)8-9-5-3-2-4-6-9/h2-7H,8,12H2,1H3. The Morgan fingerprint density at radius 2 is 2.07 bits per heavy atom. The summed E-state index contributed by atoms with van der Waals surface area (Å²) in [5, 5.41) is 1.71. The van der Waals surface area contributed by atoms with Gasteiger partial charge in [0.25, 0.3) is 0 Å². The van der Waals surface area contributed by atoms with Gasteiger partial charge in [0.15, 0.2) is 5.13 Å². The molecule has 2 aromatic rings. The van der Waals surface area contributed by atoms with Gasteiger partial charge in [-0.1, -0.05) is 41.7 Å². The molecule has 0 saturated carbocycles. The number of aromatic nitrogens is 1. The molecule has 0 amide bonds. The first-order valence-electron chi connectivity index (χ1n) is 4.72. The zero-order valence-corrected chi connectivity index (χ0v) is 9.37. The Hall–Kier alpha value is -1.55. The van der Waals surface area contributed by atoms with E-state index in [1.54, 1.807) is 6.20 Å². The van der Waals surface area contributed by atoms with Crippen LogP contribution in [0.25, 0.3) is 0 Å². The Labute approximate surface area is 93.2 Å². The minimum atomic E-state index is 0.755. The number of anilines is 2. The van der Waals surface area contributed by atoms with Gasteiger partial charge in [0, 0.05) is 13.6 Å². The van der Waals surface area contributed by atoms with Crippen LogP contribution in [-0.4, -0.2) is 12.0 Å². The minimum Gasteiger partial charge on any atom is -0.389 e. The molecule has 15 heavy (non-hydrogen) atoms. The van der Waals surface area contributed by atoms with Crippen LogP contribution >= 0.6 is 11.3 Å². The van der Waals surface area contributed by atoms with Crippen molar-refractivity contribution in [3.63, 3.8) is 0 Å². The van der Waals surface area contributed by atoms with Crippen molar-refractivity contribution in [2.24, 2.45) is 0 Å². The summed E-state index contributed by atoms with van der Waals surface area (Å²) in [4.78, 5) is 6.32. The lowest BCUT2D eigenvalue weighted by Gasteiger charge is -2.15. The van der Waals surface area contributed by atoms with Crippen LogP contribution in [0.3, 0.4) is 0 Å². The number of hydrogen-bond acceptors (Lipinski definition) is 4. The second-order valence-corrected chi connectivity index (χ2v) is 4.43. The lowest BCUT2D eigenvalue weighted by molar-refractivity contribution is 0.915. The first-order valence-corrected chi connectivity index (χ1v) is 5.54. The molecule has 3 nitrogen and oxygen atoms in total. The quantitative estimate of drug-likeness (QED) is 0.861. The van der Waals surface area contributed by atoms with Gasteiger partial charge in [-0.3, -0.25) is 0 Å². The average Bonchev–Trinajstić information content (AvgIpc) is 2.66. The summed E-state index contributed by atoms with van der Waals surface area (Å²) in [6, 6.07) is 10.3. The summed E-state index contributed by atoms with van der Waals surface area (Å²) in [5.74, 6) is 0. The van der Waals surface area contributed by atoms with Crippen LogP contribution in [-0.2, 0) is 6.54 Å². The molecule has 0 aliphatic carbocycles. The van der Waals surface area contributed by atoms with Crippen LogP contribution < -0.4 is 10.6 Å². The van der Waals surface area contributed by atoms with Crippen LogP contribution in [0.15, 0.2) is 36.5 Å². The monoisotopic (exact) mass is 219 g/mol. The summed E-state index contributed by atoms with van der Waals surface area (Å²) < 4.78 is 0. The van der Waals surface area contributed by atoms with Crippen molar-refractivity contribution in [3.05, 3.63) is 42.1 Å². The maximum Gasteiger partial charge on any atom is 0.187 e. The molecule has 1 aromatic carbocycles. The predicted molar refractivity (Wildman–Crippen MR) is 65.1 cm³/mol. The molecular formula is C11H13N3S. The number of thiazole rings is 1. The number of hydrogen-bond donors (Lipinski definition) is 1. The first kappa shape index (κ1) is 9.98. The third-order valence-corrected chi connectivity index (χ3v) is 3.04. The smallest absolute Gasteiger partial charge is 0.187 e. The average molecular weight is 219 g/mol. The molecule has 0 aliphatic heterocycles. The first-order chi connectivity index (χ1) is 7.25. The molecule has 0 saturated heterocycles. The fourth-order valence-electron chi connectivity index (χ4n) is 1.38. The molecule has 4 heteroatoms. The van der Waals surface area contributed by atoms with Gasteiger partial charge < -0.3 is 10.6 Å². The van der Waals surface area contributed by atoms with Crippen molar-refractivity contribution in [1.29, 1.82) is 0 Å². The fourth-order valence-corrected chi connectivity index (χ4v) is 2.02. The van der Waals surface area contributed by atoms with E-state index in [1.807, 2.05) is 25.2 Å². The van der Waals surface area contributed by atoms with E-state index >= 15 is 0 Å². The largest absolute Gasteiger partial charge is 0.389 e. The molecule has 1 heterocycles. The van der Waals surface area contributed by atoms with Gasteiger partial charge >= 0.3 is 0 Å². The van der Waals surface area contributed by atoms with Gasteiger partial charge in [0.2, 0.25) is 0 Å². The zero-order chi connectivity index (χ0) is 10.7. The summed E-state index contributed by atoms with van der Waals surface area (Å²) in [7, 11) is 2.02. The molecule has 0 bridgehead atoms. The number of benzene rings is 1. The highest BCUT2D eigenvalue weighted by Gasteiger charge is 2.05. The summed E-state index contributed by atoms with van der Waals surface area (Å²) in [5.41, 5.74) is 6.91. The van der Waals surface area contributed by atoms with E-state index in [9.17, 15) is 0 Å². The molecule has 0 spiro atoms. The highest BCUT2D eigenvalue weighted by molar-refractivity contribution is 7.19. The second-order valence-electron chi connectivity index (χ2n) is 3.39. The highest BCUT2D eigenvalue weighted by atomic mass is 32.1. The Balaban J connectivity index is 2.07. The lowest BCUT2D eigenvalue weighted by atomic mass is 10.2. The number of nitrogens with zero attached hydrogens (tertiary/aromatic N) is 2. The molecular weight excluding hydrogens is 206 g/mol. The lowest BCUT2D eigenvalue weighted by Crippen LogP contribution is -2.15. The van der Waals surface area contributed by atoms with Gasteiger partial charge in [0.05, 0.1) is 6.20 Å². The highest BCUT2D eigenvalue weighted by Crippen LogP contribution is 2.23. The Bertz CT molecular complexity index is 424. The van der Waals surface area contributed by atoms with Gasteiger partial charge in [-0.05, 0) is 5.56 Å². The molecule has 2 rings (SSSR count). The van der Waals surface area contributed by atoms with E-state index in [0.717, 1.165) is 16.7 Å². The van der Waals surface area contributed by atoms with Gasteiger partial charge in [-0.2, -0.15) is 0 Å². The summed E-state index contributed by atoms with van der Waals surface area (Å²) in [6.07, 6.45) is 1.70. The third-order valence-electron chi connectivity index (χ3n) is 2.10. The van der Waals surface area contributed by atoms with Crippen LogP contribution in [0.5, 0.6) is 0 Å². The van der Waals surface area contributed by atoms with Crippen molar-refractivity contribution in [2.75, 3.05) is 17.7 Å². The molecule has 0 aliphatic rings. The van der Waals surface area contributed by atoms with Crippen LogP contribution in [0.2, 0.25) is 0 Å². The number of nitrogens with two attached hydrogens (primary N) is 1. The van der Waals surface area contributed by atoms with Crippen molar-refractivity contribution in [2.45, 2.75) is 6.54 Å². The van der Waals surface area contributed by atoms with Gasteiger partial charge in [-0.15, -0.1) is 0 Å². The van der Waals surface area contributed by atoms with Crippen LogP contribution in [0, 0.1) is 0 Å². The van der Waals surface area contributed by atoms with Crippen molar-refractivity contribution in [3.8, 4) is 0 Å². The zero-order valence-electron chi connectivity index (χ0n) is 8.55. The van der Waals surface area contributed by atoms with Crippen molar-refractivity contribution >= 4 is 21.5 Å². The van der Waals surface area contributed by atoms with Crippen molar-refractivity contribution in [1.82, 2.24) is 4.98 Å². The van der Waals surface area contributed by atoms with E-state index < -0.39 is 0 Å². The maximum atomic E-state index is 5.64. The number of nitrogen functional groups attached to an aromatic ring is 1. The minimum absolute atomic E-state index is 0.755. The van der Waals surface area contributed by atoms with E-state index in [2.05, 4.69) is 22.0 Å². The molecule has 1 aromatic heterocycles. The molecule has 0 atom stereocenters. The Morgan fingerprint density at radius 3 is 2.67 bits per heavy atom. The summed E-state index contributed by atoms with van der Waals surface area (Å²) >= 11 is 1.51. The Kier molecular flexibility index (Phi) is 2.87. The van der Waals surface area contributed by atoms with E-state index in [-0.39, 0.29) is 0 Å². The number of rotatable bonds is 3. The molecule has 0 fully saturated rings.